The molecule has 3 nitrogen and oxygen atoms in total. The number of rotatable bonds is 4. The second-order valence-electron chi connectivity index (χ2n) is 3.51. The van der Waals surface area contributed by atoms with Crippen LogP contribution in [0, 0.1) is 0 Å². The van der Waals surface area contributed by atoms with E-state index in [1.54, 1.807) is 0 Å². The smallest absolute Gasteiger partial charge is 0.184 e. The predicted molar refractivity (Wildman–Crippen MR) is 65.4 cm³/mol. The molecular weight excluding hydrogens is 202 g/mol. The van der Waals surface area contributed by atoms with E-state index in [0.29, 0.717) is 6.29 Å². The summed E-state index contributed by atoms with van der Waals surface area (Å²) in [6, 6.07) is 9.81. The van der Waals surface area contributed by atoms with E-state index in [2.05, 4.69) is 0 Å². The average molecular weight is 217 g/mol. The van der Waals surface area contributed by atoms with Crippen molar-refractivity contribution in [1.82, 2.24) is 0 Å². The molecule has 0 saturated carbocycles. The quantitative estimate of drug-likeness (QED) is 0.365. The first-order valence-electron chi connectivity index (χ1n) is 4.95. The van der Waals surface area contributed by atoms with Crippen molar-refractivity contribution in [2.75, 3.05) is 11.9 Å². The fraction of sp³-hybridized carbons (Fsp3) is 0.154. The van der Waals surface area contributed by atoms with E-state index >= 15 is 0 Å². The van der Waals surface area contributed by atoms with E-state index in [1.165, 1.54) is 6.08 Å². The average Bonchev–Trinajstić information content (AvgIpc) is 2.29. The van der Waals surface area contributed by atoms with Crippen LogP contribution < -0.4 is 4.90 Å². The molecule has 16 heavy (non-hydrogen) atoms. The lowest BCUT2D eigenvalue weighted by Crippen LogP contribution is -2.08. The SMILES string of the molecule is CC(=C/N(C)c1ccccc1)/C=C(/O)C=O. The molecule has 0 spiro atoms. The van der Waals surface area contributed by atoms with Gasteiger partial charge in [-0.05, 0) is 30.7 Å². The molecule has 1 aromatic rings. The molecule has 1 aromatic carbocycles. The maximum Gasteiger partial charge on any atom is 0.184 e. The fourth-order valence-corrected chi connectivity index (χ4v) is 1.35. The maximum atomic E-state index is 10.2. The minimum Gasteiger partial charge on any atom is -0.505 e. The Hall–Kier alpha value is -2.03. The van der Waals surface area contributed by atoms with Gasteiger partial charge in [-0.15, -0.1) is 0 Å². The first-order valence-corrected chi connectivity index (χ1v) is 4.95. The van der Waals surface area contributed by atoms with Crippen molar-refractivity contribution in [3.05, 3.63) is 53.9 Å². The summed E-state index contributed by atoms with van der Waals surface area (Å²) in [5.74, 6) is -0.268. The molecule has 0 aliphatic rings. The Morgan fingerprint density at radius 3 is 2.50 bits per heavy atom. The number of aliphatic hydroxyl groups excluding tert-OH is 1. The largest absolute Gasteiger partial charge is 0.505 e. The van der Waals surface area contributed by atoms with E-state index in [4.69, 9.17) is 5.11 Å². The first kappa shape index (κ1) is 12.0. The van der Waals surface area contributed by atoms with Crippen LogP contribution in [0.15, 0.2) is 53.9 Å². The zero-order valence-electron chi connectivity index (χ0n) is 9.42. The van der Waals surface area contributed by atoms with Crippen molar-refractivity contribution in [3.8, 4) is 0 Å². The van der Waals surface area contributed by atoms with Gasteiger partial charge in [0.1, 0.15) is 0 Å². The molecule has 3 heteroatoms. The Morgan fingerprint density at radius 2 is 1.94 bits per heavy atom. The van der Waals surface area contributed by atoms with Gasteiger partial charge >= 0.3 is 0 Å². The molecule has 1 N–H and O–H groups in total. The van der Waals surface area contributed by atoms with Crippen LogP contribution in [-0.2, 0) is 4.79 Å². The zero-order valence-corrected chi connectivity index (χ0v) is 9.42. The Morgan fingerprint density at radius 1 is 1.31 bits per heavy atom. The van der Waals surface area contributed by atoms with Crippen LogP contribution in [0.1, 0.15) is 6.92 Å². The van der Waals surface area contributed by atoms with E-state index < -0.39 is 0 Å². The van der Waals surface area contributed by atoms with Crippen molar-refractivity contribution in [1.29, 1.82) is 0 Å². The third-order valence-corrected chi connectivity index (χ3v) is 2.06. The lowest BCUT2D eigenvalue weighted by molar-refractivity contribution is -0.106. The highest BCUT2D eigenvalue weighted by molar-refractivity contribution is 5.70. The molecular formula is C13H15NO2. The number of allylic oxidation sites excluding steroid dienone is 3. The Labute approximate surface area is 95.3 Å². The van der Waals surface area contributed by atoms with Crippen molar-refractivity contribution in [2.45, 2.75) is 6.92 Å². The monoisotopic (exact) mass is 217 g/mol. The fourth-order valence-electron chi connectivity index (χ4n) is 1.35. The van der Waals surface area contributed by atoms with E-state index in [-0.39, 0.29) is 5.76 Å². The topological polar surface area (TPSA) is 40.5 Å². The summed E-state index contributed by atoms with van der Waals surface area (Å²) in [6.07, 6.45) is 3.68. The summed E-state index contributed by atoms with van der Waals surface area (Å²) in [5, 5.41) is 9.05. The second kappa shape index (κ2) is 5.75. The maximum absolute atomic E-state index is 10.2. The molecule has 84 valence electrons. The number of aliphatic hydroxyl groups is 1. The molecule has 0 aliphatic carbocycles. The predicted octanol–water partition coefficient (Wildman–Crippen LogP) is 2.67. The van der Waals surface area contributed by atoms with Gasteiger partial charge in [-0.3, -0.25) is 4.79 Å². The molecule has 0 unspecified atom stereocenters. The molecule has 0 bridgehead atoms. The van der Waals surface area contributed by atoms with Gasteiger partial charge in [0, 0.05) is 18.9 Å². The summed E-state index contributed by atoms with van der Waals surface area (Å²) in [7, 11) is 1.91. The van der Waals surface area contributed by atoms with Crippen LogP contribution in [0.4, 0.5) is 5.69 Å². The molecule has 0 aliphatic heterocycles. The highest BCUT2D eigenvalue weighted by Crippen LogP contribution is 2.12. The number of carbonyl (C=O) groups is 1. The molecule has 1 rings (SSSR count). The third-order valence-electron chi connectivity index (χ3n) is 2.06. The summed E-state index contributed by atoms with van der Waals surface area (Å²) in [6.45, 7) is 1.82. The van der Waals surface area contributed by atoms with Gasteiger partial charge in [0.15, 0.2) is 12.0 Å². The third kappa shape index (κ3) is 3.61. The van der Waals surface area contributed by atoms with Crippen molar-refractivity contribution < 1.29 is 9.90 Å². The van der Waals surface area contributed by atoms with Gasteiger partial charge in [-0.2, -0.15) is 0 Å². The minimum atomic E-state index is -0.268. The number of nitrogens with zero attached hydrogens (tertiary/aromatic N) is 1. The number of carbonyl (C=O) groups excluding carboxylic acids is 1. The van der Waals surface area contributed by atoms with Crippen molar-refractivity contribution in [2.24, 2.45) is 0 Å². The standard InChI is InChI=1S/C13H15NO2/c1-11(8-13(16)10-15)9-14(2)12-6-4-3-5-7-12/h3-10,16H,1-2H3/b11-9-,13-8+. The molecule has 0 fully saturated rings. The molecule has 0 atom stereocenters. The van der Waals surface area contributed by atoms with Gasteiger partial charge in [0.25, 0.3) is 0 Å². The minimum absolute atomic E-state index is 0.268. The summed E-state index contributed by atoms with van der Waals surface area (Å²) < 4.78 is 0. The number of anilines is 1. The van der Waals surface area contributed by atoms with E-state index in [0.717, 1.165) is 11.3 Å². The number of para-hydroxylation sites is 1. The number of benzene rings is 1. The van der Waals surface area contributed by atoms with Crippen molar-refractivity contribution in [3.63, 3.8) is 0 Å². The van der Waals surface area contributed by atoms with E-state index in [1.807, 2.05) is 55.4 Å². The summed E-state index contributed by atoms with van der Waals surface area (Å²) in [5.41, 5.74) is 1.84. The lowest BCUT2D eigenvalue weighted by atomic mass is 10.2. The summed E-state index contributed by atoms with van der Waals surface area (Å²) in [4.78, 5) is 12.2. The zero-order chi connectivity index (χ0) is 12.0. The van der Waals surface area contributed by atoms with Gasteiger partial charge < -0.3 is 10.0 Å². The Balaban J connectivity index is 2.81. The highest BCUT2D eigenvalue weighted by Gasteiger charge is 1.96. The number of hydrogen-bond acceptors (Lipinski definition) is 3. The lowest BCUT2D eigenvalue weighted by Gasteiger charge is -2.14. The second-order valence-corrected chi connectivity index (χ2v) is 3.51. The van der Waals surface area contributed by atoms with Crippen LogP contribution in [0.3, 0.4) is 0 Å². The van der Waals surface area contributed by atoms with Crippen LogP contribution in [0.5, 0.6) is 0 Å². The van der Waals surface area contributed by atoms with Gasteiger partial charge in [-0.25, -0.2) is 0 Å². The van der Waals surface area contributed by atoms with Crippen LogP contribution in [-0.4, -0.2) is 18.4 Å². The Bertz CT molecular complexity index is 407. The molecule has 0 amide bonds. The molecule has 0 radical (unpaired) electrons. The van der Waals surface area contributed by atoms with Gasteiger partial charge in [0.05, 0.1) is 0 Å². The molecule has 0 heterocycles. The van der Waals surface area contributed by atoms with Crippen LogP contribution in [0.25, 0.3) is 0 Å². The van der Waals surface area contributed by atoms with Crippen molar-refractivity contribution >= 4 is 12.0 Å². The molecule has 0 aromatic heterocycles. The normalized spacial score (nSPS) is 12.4. The van der Waals surface area contributed by atoms with Gasteiger partial charge in [-0.1, -0.05) is 18.2 Å². The summed E-state index contributed by atoms with van der Waals surface area (Å²) >= 11 is 0. The van der Waals surface area contributed by atoms with Crippen LogP contribution in [0.2, 0.25) is 0 Å². The van der Waals surface area contributed by atoms with E-state index in [9.17, 15) is 4.79 Å². The first-order chi connectivity index (χ1) is 7.63. The number of aldehydes is 1. The highest BCUT2D eigenvalue weighted by atomic mass is 16.3. The molecule has 0 saturated heterocycles. The number of hydrogen-bond donors (Lipinski definition) is 1. The van der Waals surface area contributed by atoms with Crippen LogP contribution >= 0.6 is 0 Å². The van der Waals surface area contributed by atoms with Gasteiger partial charge in [0.2, 0.25) is 0 Å². The Kier molecular flexibility index (Phi) is 4.33.